The molecular formula is C20H20N6O. The molecule has 0 spiro atoms. The molecule has 27 heavy (non-hydrogen) atoms. The number of fused-ring (bicyclic) bond motifs is 1. The molecule has 4 aromatic rings. The van der Waals surface area contributed by atoms with Gasteiger partial charge >= 0.3 is 0 Å². The molecule has 0 bridgehead atoms. The van der Waals surface area contributed by atoms with Gasteiger partial charge in [0.05, 0.1) is 6.54 Å². The van der Waals surface area contributed by atoms with Crippen molar-refractivity contribution in [1.82, 2.24) is 29.7 Å². The van der Waals surface area contributed by atoms with Crippen molar-refractivity contribution in [2.45, 2.75) is 25.3 Å². The van der Waals surface area contributed by atoms with Gasteiger partial charge in [-0.2, -0.15) is 0 Å². The van der Waals surface area contributed by atoms with E-state index in [9.17, 15) is 0 Å². The fourth-order valence-electron chi connectivity index (χ4n) is 3.69. The van der Waals surface area contributed by atoms with Gasteiger partial charge in [0.1, 0.15) is 5.82 Å². The average Bonchev–Trinajstić information content (AvgIpc) is 3.37. The largest absolute Gasteiger partial charge is 0.419 e. The molecular weight excluding hydrogens is 340 g/mol. The van der Waals surface area contributed by atoms with Crippen molar-refractivity contribution < 1.29 is 4.42 Å². The second-order valence-electron chi connectivity index (χ2n) is 6.90. The van der Waals surface area contributed by atoms with Crippen LogP contribution < -0.4 is 0 Å². The number of nitrogens with zero attached hydrogens (tertiary/aromatic N) is 6. The number of benzene rings is 1. The van der Waals surface area contributed by atoms with Crippen molar-refractivity contribution in [3.63, 3.8) is 0 Å². The van der Waals surface area contributed by atoms with Crippen LogP contribution in [0.3, 0.4) is 0 Å². The number of pyridine rings is 1. The molecule has 0 aliphatic carbocycles. The smallest absolute Gasteiger partial charge is 0.247 e. The van der Waals surface area contributed by atoms with E-state index in [0.29, 0.717) is 24.2 Å². The van der Waals surface area contributed by atoms with Crippen LogP contribution in [-0.4, -0.2) is 42.8 Å². The minimum absolute atomic E-state index is 0.432. The molecule has 0 atom stereocenters. The maximum atomic E-state index is 5.84. The van der Waals surface area contributed by atoms with E-state index in [1.165, 1.54) is 0 Å². The predicted molar refractivity (Wildman–Crippen MR) is 100.0 cm³/mol. The van der Waals surface area contributed by atoms with Crippen LogP contribution in [-0.2, 0) is 6.54 Å². The number of hydrogen-bond acceptors (Lipinski definition) is 6. The molecule has 136 valence electrons. The minimum Gasteiger partial charge on any atom is -0.419 e. The molecule has 5 rings (SSSR count). The lowest BCUT2D eigenvalue weighted by Crippen LogP contribution is -2.33. The molecule has 0 saturated carbocycles. The normalized spacial score (nSPS) is 16.1. The van der Waals surface area contributed by atoms with Gasteiger partial charge in [0, 0.05) is 17.7 Å². The molecule has 0 unspecified atom stereocenters. The highest BCUT2D eigenvalue weighted by Crippen LogP contribution is 2.28. The van der Waals surface area contributed by atoms with Crippen LogP contribution in [0.5, 0.6) is 0 Å². The molecule has 0 amide bonds. The molecule has 1 aromatic carbocycles. The first-order valence-electron chi connectivity index (χ1n) is 9.26. The zero-order valence-corrected chi connectivity index (χ0v) is 14.9. The fraction of sp³-hybridized carbons (Fsp3) is 0.300. The lowest BCUT2D eigenvalue weighted by atomic mass is 9.96. The van der Waals surface area contributed by atoms with Crippen molar-refractivity contribution in [1.29, 1.82) is 0 Å². The Hall–Kier alpha value is -3.06. The summed E-state index contributed by atoms with van der Waals surface area (Å²) >= 11 is 0. The molecule has 1 aliphatic heterocycles. The van der Waals surface area contributed by atoms with E-state index in [-0.39, 0.29) is 0 Å². The van der Waals surface area contributed by atoms with E-state index in [1.807, 2.05) is 54.7 Å². The van der Waals surface area contributed by atoms with Gasteiger partial charge in [0.25, 0.3) is 0 Å². The van der Waals surface area contributed by atoms with Gasteiger partial charge in [-0.05, 0) is 50.2 Å². The SMILES string of the molecule is c1ccc(-c2nnc(CN3CCC(c4nnc5ccccn45)CC3)o2)cc1. The first-order valence-corrected chi connectivity index (χ1v) is 9.26. The lowest BCUT2D eigenvalue weighted by molar-refractivity contribution is 0.185. The maximum Gasteiger partial charge on any atom is 0.247 e. The number of hydrogen-bond donors (Lipinski definition) is 0. The van der Waals surface area contributed by atoms with Crippen molar-refractivity contribution in [3.05, 3.63) is 66.4 Å². The highest BCUT2D eigenvalue weighted by molar-refractivity contribution is 5.51. The summed E-state index contributed by atoms with van der Waals surface area (Å²) < 4.78 is 7.94. The quantitative estimate of drug-likeness (QED) is 0.557. The van der Waals surface area contributed by atoms with Crippen molar-refractivity contribution in [2.75, 3.05) is 13.1 Å². The summed E-state index contributed by atoms with van der Waals surface area (Å²) in [5.74, 6) is 2.74. The predicted octanol–water partition coefficient (Wildman–Crippen LogP) is 3.16. The van der Waals surface area contributed by atoms with Gasteiger partial charge in [-0.1, -0.05) is 24.3 Å². The Balaban J connectivity index is 1.23. The Morgan fingerprint density at radius 3 is 2.56 bits per heavy atom. The number of likely N-dealkylation sites (tertiary alicyclic amines) is 1. The van der Waals surface area contributed by atoms with E-state index in [1.54, 1.807) is 0 Å². The third kappa shape index (κ3) is 3.21. The third-order valence-corrected chi connectivity index (χ3v) is 5.14. The highest BCUT2D eigenvalue weighted by atomic mass is 16.4. The first kappa shape index (κ1) is 16.1. The molecule has 0 radical (unpaired) electrons. The Kier molecular flexibility index (Phi) is 4.14. The highest BCUT2D eigenvalue weighted by Gasteiger charge is 2.25. The van der Waals surface area contributed by atoms with Gasteiger partial charge in [0.2, 0.25) is 11.8 Å². The third-order valence-electron chi connectivity index (χ3n) is 5.14. The Bertz CT molecular complexity index is 1030. The number of piperidine rings is 1. The fourth-order valence-corrected chi connectivity index (χ4v) is 3.69. The summed E-state index contributed by atoms with van der Waals surface area (Å²) in [6, 6.07) is 15.9. The van der Waals surface area contributed by atoms with Crippen LogP contribution in [0.25, 0.3) is 17.1 Å². The summed E-state index contributed by atoms with van der Waals surface area (Å²) in [5, 5.41) is 17.1. The monoisotopic (exact) mass is 360 g/mol. The van der Waals surface area contributed by atoms with Gasteiger partial charge in [-0.25, -0.2) is 0 Å². The average molecular weight is 360 g/mol. The number of rotatable bonds is 4. The van der Waals surface area contributed by atoms with E-state index in [2.05, 4.69) is 29.7 Å². The summed E-state index contributed by atoms with van der Waals surface area (Å²) in [7, 11) is 0. The molecule has 7 heteroatoms. The van der Waals surface area contributed by atoms with Crippen LogP contribution in [0.4, 0.5) is 0 Å². The number of aromatic nitrogens is 5. The molecule has 7 nitrogen and oxygen atoms in total. The summed E-state index contributed by atoms with van der Waals surface area (Å²) in [6.07, 6.45) is 4.14. The van der Waals surface area contributed by atoms with E-state index in [0.717, 1.165) is 43.0 Å². The van der Waals surface area contributed by atoms with Gasteiger partial charge in [-0.15, -0.1) is 20.4 Å². The molecule has 1 fully saturated rings. The summed E-state index contributed by atoms with van der Waals surface area (Å²) in [6.45, 7) is 2.65. The van der Waals surface area contributed by atoms with E-state index >= 15 is 0 Å². The Morgan fingerprint density at radius 1 is 0.889 bits per heavy atom. The second-order valence-corrected chi connectivity index (χ2v) is 6.90. The van der Waals surface area contributed by atoms with Gasteiger partial charge in [0.15, 0.2) is 5.65 Å². The van der Waals surface area contributed by atoms with Gasteiger partial charge < -0.3 is 4.42 Å². The van der Waals surface area contributed by atoms with E-state index < -0.39 is 0 Å². The van der Waals surface area contributed by atoms with Crippen LogP contribution in [0.15, 0.2) is 59.1 Å². The minimum atomic E-state index is 0.432. The zero-order valence-electron chi connectivity index (χ0n) is 14.9. The van der Waals surface area contributed by atoms with Crippen molar-refractivity contribution in [3.8, 4) is 11.5 Å². The van der Waals surface area contributed by atoms with Gasteiger partial charge in [-0.3, -0.25) is 9.30 Å². The molecule has 3 aromatic heterocycles. The van der Waals surface area contributed by atoms with E-state index in [4.69, 9.17) is 4.42 Å². The van der Waals surface area contributed by atoms with Crippen LogP contribution in [0, 0.1) is 0 Å². The topological polar surface area (TPSA) is 72.4 Å². The van der Waals surface area contributed by atoms with Crippen LogP contribution >= 0.6 is 0 Å². The summed E-state index contributed by atoms with van der Waals surface area (Å²) in [4.78, 5) is 2.36. The zero-order chi connectivity index (χ0) is 18.1. The maximum absolute atomic E-state index is 5.84. The first-order chi connectivity index (χ1) is 13.4. The molecule has 4 heterocycles. The Morgan fingerprint density at radius 2 is 1.70 bits per heavy atom. The van der Waals surface area contributed by atoms with Crippen LogP contribution in [0.2, 0.25) is 0 Å². The molecule has 0 N–H and O–H groups in total. The van der Waals surface area contributed by atoms with Crippen molar-refractivity contribution in [2.24, 2.45) is 0 Å². The van der Waals surface area contributed by atoms with Crippen molar-refractivity contribution >= 4 is 5.65 Å². The standard InChI is InChI=1S/C20H20N6O/c1-2-6-16(7-3-1)20-24-22-18(27-20)14-25-12-9-15(10-13-25)19-23-21-17-8-4-5-11-26(17)19/h1-8,11,15H,9-10,12-14H2. The second kappa shape index (κ2) is 6.92. The molecule has 1 aliphatic rings. The van der Waals surface area contributed by atoms with Crippen LogP contribution in [0.1, 0.15) is 30.5 Å². The summed E-state index contributed by atoms with van der Waals surface area (Å²) in [5.41, 5.74) is 1.86. The Labute approximate surface area is 156 Å². The molecule has 1 saturated heterocycles. The lowest BCUT2D eigenvalue weighted by Gasteiger charge is -2.30.